The Morgan fingerprint density at radius 1 is 1.24 bits per heavy atom. The predicted octanol–water partition coefficient (Wildman–Crippen LogP) is 0.133. The second-order valence-electron chi connectivity index (χ2n) is 4.98. The zero-order chi connectivity index (χ0) is 11.9. The van der Waals surface area contributed by atoms with Gasteiger partial charge in [0.05, 0.1) is 0 Å². The maximum atomic E-state index is 11.5. The lowest BCUT2D eigenvalue weighted by molar-refractivity contribution is 0.237. The van der Waals surface area contributed by atoms with Gasteiger partial charge in [0.15, 0.2) is 0 Å². The number of hydrogen-bond donors (Lipinski definition) is 3. The van der Waals surface area contributed by atoms with Crippen molar-refractivity contribution in [3.05, 3.63) is 0 Å². The third kappa shape index (κ3) is 4.52. The Morgan fingerprint density at radius 2 is 2.06 bits per heavy atom. The first-order chi connectivity index (χ1) is 8.34. The van der Waals surface area contributed by atoms with Crippen LogP contribution in [0.25, 0.3) is 0 Å². The Hall–Kier alpha value is -0.810. The molecule has 2 fully saturated rings. The number of nitrogens with one attached hydrogen (secondary N) is 3. The summed E-state index contributed by atoms with van der Waals surface area (Å²) in [4.78, 5) is 13.9. The topological polar surface area (TPSA) is 56.4 Å². The molecule has 1 unspecified atom stereocenters. The van der Waals surface area contributed by atoms with E-state index in [9.17, 15) is 4.79 Å². The van der Waals surface area contributed by atoms with Gasteiger partial charge in [-0.3, -0.25) is 0 Å². The number of nitrogens with zero attached hydrogens (tertiary/aromatic N) is 1. The highest BCUT2D eigenvalue weighted by atomic mass is 16.2. The molecule has 0 radical (unpaired) electrons. The third-order valence-electron chi connectivity index (χ3n) is 3.58. The van der Waals surface area contributed by atoms with Gasteiger partial charge in [-0.2, -0.15) is 0 Å². The predicted molar refractivity (Wildman–Crippen MR) is 68.1 cm³/mol. The van der Waals surface area contributed by atoms with Crippen LogP contribution in [-0.2, 0) is 0 Å². The van der Waals surface area contributed by atoms with Crippen LogP contribution in [0.3, 0.4) is 0 Å². The van der Waals surface area contributed by atoms with Crippen molar-refractivity contribution in [1.29, 1.82) is 0 Å². The minimum absolute atomic E-state index is 0.0297. The first kappa shape index (κ1) is 12.6. The van der Waals surface area contributed by atoms with Gasteiger partial charge < -0.3 is 20.9 Å². The highest BCUT2D eigenvalue weighted by Gasteiger charge is 2.14. The summed E-state index contributed by atoms with van der Waals surface area (Å²) < 4.78 is 0. The largest absolute Gasteiger partial charge is 0.337 e. The molecular formula is C12H24N4O. The molecule has 5 heteroatoms. The highest BCUT2D eigenvalue weighted by Crippen LogP contribution is 2.05. The van der Waals surface area contributed by atoms with Gasteiger partial charge in [0.2, 0.25) is 0 Å². The van der Waals surface area contributed by atoms with Gasteiger partial charge in [-0.05, 0) is 45.3 Å². The van der Waals surface area contributed by atoms with Crippen molar-refractivity contribution in [2.24, 2.45) is 0 Å². The lowest BCUT2D eigenvalue weighted by atomic mass is 10.2. The molecule has 3 N–H and O–H groups in total. The van der Waals surface area contributed by atoms with Crippen LogP contribution in [-0.4, -0.2) is 56.2 Å². The second kappa shape index (κ2) is 6.81. The minimum atomic E-state index is -0.0297. The average molecular weight is 240 g/mol. The molecule has 2 heterocycles. The molecule has 0 aromatic rings. The fourth-order valence-corrected chi connectivity index (χ4v) is 2.54. The van der Waals surface area contributed by atoms with E-state index in [4.69, 9.17) is 0 Å². The van der Waals surface area contributed by atoms with Crippen LogP contribution in [0.4, 0.5) is 4.79 Å². The maximum Gasteiger partial charge on any atom is 0.314 e. The summed E-state index contributed by atoms with van der Waals surface area (Å²) in [6.07, 6.45) is 5.01. The van der Waals surface area contributed by atoms with E-state index in [1.54, 1.807) is 0 Å². The Kier molecular flexibility index (Phi) is 5.07. The van der Waals surface area contributed by atoms with Crippen LogP contribution in [0, 0.1) is 0 Å². The summed E-state index contributed by atoms with van der Waals surface area (Å²) in [7, 11) is 0. The van der Waals surface area contributed by atoms with Crippen LogP contribution in [0.2, 0.25) is 0 Å². The molecular weight excluding hydrogens is 216 g/mol. The molecule has 5 nitrogen and oxygen atoms in total. The summed E-state index contributed by atoms with van der Waals surface area (Å²) in [5, 5.41) is 9.19. The summed E-state index contributed by atoms with van der Waals surface area (Å²) in [6, 6.07) is 0.442. The molecule has 0 aromatic heterocycles. The van der Waals surface area contributed by atoms with Crippen molar-refractivity contribution in [3.63, 3.8) is 0 Å². The Labute approximate surface area is 103 Å². The van der Waals surface area contributed by atoms with Crippen molar-refractivity contribution >= 4 is 6.03 Å². The van der Waals surface area contributed by atoms with E-state index in [1.807, 2.05) is 0 Å². The van der Waals surface area contributed by atoms with E-state index >= 15 is 0 Å². The number of urea groups is 1. The number of carbonyl (C=O) groups excluding carboxylic acids is 1. The SMILES string of the molecule is O=C(NCCN1CCCC1)NCC1CCCN1. The van der Waals surface area contributed by atoms with E-state index < -0.39 is 0 Å². The molecule has 0 saturated carbocycles. The molecule has 2 saturated heterocycles. The van der Waals surface area contributed by atoms with Crippen molar-refractivity contribution in [2.45, 2.75) is 31.7 Å². The molecule has 2 aliphatic heterocycles. The standard InChI is InChI=1S/C12H24N4O/c17-12(15-10-11-4-3-5-13-11)14-6-9-16-7-1-2-8-16/h11,13H,1-10H2,(H2,14,15,17). The molecule has 17 heavy (non-hydrogen) atoms. The van der Waals surface area contributed by atoms with Crippen LogP contribution in [0.1, 0.15) is 25.7 Å². The van der Waals surface area contributed by atoms with Gasteiger partial charge in [0.25, 0.3) is 0 Å². The first-order valence-electron chi connectivity index (χ1n) is 6.82. The highest BCUT2D eigenvalue weighted by molar-refractivity contribution is 5.73. The number of likely N-dealkylation sites (tertiary alicyclic amines) is 1. The summed E-state index contributed by atoms with van der Waals surface area (Å²) >= 11 is 0. The molecule has 0 aromatic carbocycles. The third-order valence-corrected chi connectivity index (χ3v) is 3.58. The van der Waals surface area contributed by atoms with E-state index in [0.29, 0.717) is 6.04 Å². The number of carbonyl (C=O) groups is 1. The van der Waals surface area contributed by atoms with Crippen molar-refractivity contribution < 1.29 is 4.79 Å². The lowest BCUT2D eigenvalue weighted by Gasteiger charge is -2.16. The van der Waals surface area contributed by atoms with Crippen LogP contribution >= 0.6 is 0 Å². The van der Waals surface area contributed by atoms with Gasteiger partial charge in [-0.25, -0.2) is 4.79 Å². The molecule has 0 spiro atoms. The Bertz CT molecular complexity index is 235. The number of amides is 2. The quantitative estimate of drug-likeness (QED) is 0.640. The van der Waals surface area contributed by atoms with Crippen molar-refractivity contribution in [1.82, 2.24) is 20.9 Å². The molecule has 0 bridgehead atoms. The van der Waals surface area contributed by atoms with E-state index in [0.717, 1.165) is 26.2 Å². The zero-order valence-corrected chi connectivity index (χ0v) is 10.5. The minimum Gasteiger partial charge on any atom is -0.337 e. The van der Waals surface area contributed by atoms with Gasteiger partial charge in [0, 0.05) is 25.7 Å². The molecule has 2 amide bonds. The fourth-order valence-electron chi connectivity index (χ4n) is 2.54. The second-order valence-corrected chi connectivity index (χ2v) is 4.98. The smallest absolute Gasteiger partial charge is 0.314 e. The summed E-state index contributed by atoms with van der Waals surface area (Å²) in [6.45, 7) is 5.95. The van der Waals surface area contributed by atoms with E-state index in [2.05, 4.69) is 20.9 Å². The molecule has 2 aliphatic rings. The first-order valence-corrected chi connectivity index (χ1v) is 6.82. The molecule has 1 atom stereocenters. The Balaban J connectivity index is 1.48. The Morgan fingerprint density at radius 3 is 2.76 bits per heavy atom. The summed E-state index contributed by atoms with van der Waals surface area (Å²) in [5.41, 5.74) is 0. The van der Waals surface area contributed by atoms with Crippen molar-refractivity contribution in [3.8, 4) is 0 Å². The van der Waals surface area contributed by atoms with E-state index in [-0.39, 0.29) is 6.03 Å². The van der Waals surface area contributed by atoms with Crippen LogP contribution < -0.4 is 16.0 Å². The fraction of sp³-hybridized carbons (Fsp3) is 0.917. The van der Waals surface area contributed by atoms with E-state index in [1.165, 1.54) is 38.8 Å². The molecule has 2 rings (SSSR count). The van der Waals surface area contributed by atoms with Crippen LogP contribution in [0.5, 0.6) is 0 Å². The maximum absolute atomic E-state index is 11.5. The molecule has 98 valence electrons. The monoisotopic (exact) mass is 240 g/mol. The van der Waals surface area contributed by atoms with Gasteiger partial charge in [-0.1, -0.05) is 0 Å². The normalized spacial score (nSPS) is 25.1. The number of rotatable bonds is 5. The number of hydrogen-bond acceptors (Lipinski definition) is 3. The summed E-state index contributed by atoms with van der Waals surface area (Å²) in [5.74, 6) is 0. The van der Waals surface area contributed by atoms with Gasteiger partial charge >= 0.3 is 6.03 Å². The van der Waals surface area contributed by atoms with Gasteiger partial charge in [-0.15, -0.1) is 0 Å². The average Bonchev–Trinajstić information content (AvgIpc) is 2.99. The van der Waals surface area contributed by atoms with Gasteiger partial charge in [0.1, 0.15) is 0 Å². The van der Waals surface area contributed by atoms with Crippen molar-refractivity contribution in [2.75, 3.05) is 39.3 Å². The zero-order valence-electron chi connectivity index (χ0n) is 10.5. The van der Waals surface area contributed by atoms with Crippen LogP contribution in [0.15, 0.2) is 0 Å². The lowest BCUT2D eigenvalue weighted by Crippen LogP contribution is -2.44. The molecule has 0 aliphatic carbocycles.